The summed E-state index contributed by atoms with van der Waals surface area (Å²) in [6.07, 6.45) is 0.213. The maximum atomic E-state index is 11.2. The second-order valence-corrected chi connectivity index (χ2v) is 3.67. The summed E-state index contributed by atoms with van der Waals surface area (Å²) >= 11 is 0. The first-order chi connectivity index (χ1) is 6.45. The Morgan fingerprint density at radius 1 is 1.29 bits per heavy atom. The molecule has 1 aliphatic rings. The highest BCUT2D eigenvalue weighted by Crippen LogP contribution is 2.19. The molecule has 1 fully saturated rings. The summed E-state index contributed by atoms with van der Waals surface area (Å²) in [5.74, 6) is -2.54. The summed E-state index contributed by atoms with van der Waals surface area (Å²) in [6, 6.07) is -1.13. The molecule has 0 aromatic carbocycles. The molecular formula is C9H12NO4-. The first-order valence-electron chi connectivity index (χ1n) is 4.51. The van der Waals surface area contributed by atoms with Crippen molar-refractivity contribution in [1.29, 1.82) is 0 Å². The van der Waals surface area contributed by atoms with Crippen LogP contribution in [0.3, 0.4) is 0 Å². The molecule has 1 aliphatic heterocycles. The maximum absolute atomic E-state index is 11.2. The van der Waals surface area contributed by atoms with Crippen molar-refractivity contribution in [2.24, 2.45) is 5.92 Å². The van der Waals surface area contributed by atoms with Crippen LogP contribution in [0.2, 0.25) is 0 Å². The van der Waals surface area contributed by atoms with E-state index in [0.29, 0.717) is 0 Å². The predicted octanol–water partition coefficient (Wildman–Crippen LogP) is -1.09. The third-order valence-corrected chi connectivity index (χ3v) is 2.24. The highest BCUT2D eigenvalue weighted by Gasteiger charge is 2.36. The first kappa shape index (κ1) is 10.7. The van der Waals surface area contributed by atoms with Crippen LogP contribution in [0, 0.1) is 5.92 Å². The smallest absolute Gasteiger partial charge is 0.230 e. The quantitative estimate of drug-likeness (QED) is 0.540. The van der Waals surface area contributed by atoms with Gasteiger partial charge in [-0.05, 0) is 5.92 Å². The third-order valence-electron chi connectivity index (χ3n) is 2.24. The van der Waals surface area contributed by atoms with Gasteiger partial charge in [-0.2, -0.15) is 0 Å². The second-order valence-electron chi connectivity index (χ2n) is 3.67. The fourth-order valence-electron chi connectivity index (χ4n) is 1.58. The Balaban J connectivity index is 2.92. The van der Waals surface area contributed by atoms with E-state index in [9.17, 15) is 19.5 Å². The fraction of sp³-hybridized carbons (Fsp3) is 0.667. The zero-order valence-electron chi connectivity index (χ0n) is 8.15. The van der Waals surface area contributed by atoms with Crippen LogP contribution >= 0.6 is 0 Å². The lowest BCUT2D eigenvalue weighted by atomic mass is 10.0. The monoisotopic (exact) mass is 198 g/mol. The van der Waals surface area contributed by atoms with Gasteiger partial charge in [0.2, 0.25) is 11.8 Å². The summed E-state index contributed by atoms with van der Waals surface area (Å²) in [5, 5.41) is 10.8. The van der Waals surface area contributed by atoms with E-state index >= 15 is 0 Å². The third kappa shape index (κ3) is 1.76. The number of imide groups is 1. The second kappa shape index (κ2) is 3.77. The van der Waals surface area contributed by atoms with E-state index in [1.807, 2.05) is 0 Å². The summed E-state index contributed by atoms with van der Waals surface area (Å²) in [6.45, 7) is 3.28. The number of carbonyl (C=O) groups is 3. The molecule has 0 N–H and O–H groups in total. The van der Waals surface area contributed by atoms with Crippen LogP contribution in [0.4, 0.5) is 0 Å². The average molecular weight is 198 g/mol. The minimum Gasteiger partial charge on any atom is -0.548 e. The number of likely N-dealkylation sites (tertiary alicyclic amines) is 1. The van der Waals surface area contributed by atoms with Gasteiger partial charge >= 0.3 is 0 Å². The molecule has 78 valence electrons. The molecule has 1 rings (SSSR count). The molecule has 0 radical (unpaired) electrons. The molecule has 1 atom stereocenters. The summed E-state index contributed by atoms with van der Waals surface area (Å²) < 4.78 is 0. The molecule has 2 amide bonds. The molecule has 0 aromatic heterocycles. The molecular weight excluding hydrogens is 186 g/mol. The maximum Gasteiger partial charge on any atom is 0.230 e. The Morgan fingerprint density at radius 2 is 1.71 bits per heavy atom. The topological polar surface area (TPSA) is 77.5 Å². The number of amides is 2. The van der Waals surface area contributed by atoms with E-state index < -0.39 is 23.8 Å². The molecule has 1 saturated heterocycles. The lowest BCUT2D eigenvalue weighted by molar-refractivity contribution is -0.312. The van der Waals surface area contributed by atoms with Crippen LogP contribution in [0.1, 0.15) is 26.7 Å². The normalized spacial score (nSPS) is 19.2. The van der Waals surface area contributed by atoms with Gasteiger partial charge in [0, 0.05) is 12.8 Å². The van der Waals surface area contributed by atoms with Gasteiger partial charge in [-0.25, -0.2) is 0 Å². The number of carboxylic acid groups (broad SMARTS) is 1. The van der Waals surface area contributed by atoms with Gasteiger partial charge in [-0.3, -0.25) is 14.5 Å². The largest absolute Gasteiger partial charge is 0.548 e. The number of aliphatic carboxylic acids is 1. The van der Waals surface area contributed by atoms with Crippen LogP contribution in [-0.4, -0.2) is 28.7 Å². The van der Waals surface area contributed by atoms with Crippen molar-refractivity contribution < 1.29 is 19.5 Å². The summed E-state index contributed by atoms with van der Waals surface area (Å²) in [5.41, 5.74) is 0. The zero-order chi connectivity index (χ0) is 10.9. The number of hydrogen-bond donors (Lipinski definition) is 0. The summed E-state index contributed by atoms with van der Waals surface area (Å²) in [7, 11) is 0. The van der Waals surface area contributed by atoms with E-state index in [1.54, 1.807) is 13.8 Å². The summed E-state index contributed by atoms with van der Waals surface area (Å²) in [4.78, 5) is 34.1. The Hall–Kier alpha value is -1.39. The number of nitrogens with zero attached hydrogens (tertiary/aromatic N) is 1. The van der Waals surface area contributed by atoms with E-state index in [0.717, 1.165) is 4.90 Å². The SMILES string of the molecule is CC(C)[C@H](C(=O)[O-])N1C(=O)CCC1=O. The van der Waals surface area contributed by atoms with Crippen molar-refractivity contribution in [1.82, 2.24) is 4.90 Å². The first-order valence-corrected chi connectivity index (χ1v) is 4.51. The van der Waals surface area contributed by atoms with Gasteiger partial charge in [-0.15, -0.1) is 0 Å². The van der Waals surface area contributed by atoms with Gasteiger partial charge in [0.05, 0.1) is 12.0 Å². The van der Waals surface area contributed by atoms with Crippen molar-refractivity contribution >= 4 is 17.8 Å². The average Bonchev–Trinajstić information content (AvgIpc) is 2.34. The molecule has 5 heteroatoms. The Morgan fingerprint density at radius 3 is 2.00 bits per heavy atom. The molecule has 5 nitrogen and oxygen atoms in total. The number of hydrogen-bond acceptors (Lipinski definition) is 4. The van der Waals surface area contributed by atoms with Crippen LogP contribution in [0.25, 0.3) is 0 Å². The van der Waals surface area contributed by atoms with Gasteiger partial charge in [0.25, 0.3) is 0 Å². The number of carbonyl (C=O) groups excluding carboxylic acids is 3. The Labute approximate surface area is 81.7 Å². The molecule has 0 aliphatic carbocycles. The van der Waals surface area contributed by atoms with Crippen LogP contribution in [0.15, 0.2) is 0 Å². The van der Waals surface area contributed by atoms with Crippen molar-refractivity contribution in [2.45, 2.75) is 32.7 Å². The van der Waals surface area contributed by atoms with E-state index in [2.05, 4.69) is 0 Å². The van der Waals surface area contributed by atoms with Crippen molar-refractivity contribution in [2.75, 3.05) is 0 Å². The molecule has 0 spiro atoms. The molecule has 0 bridgehead atoms. The van der Waals surface area contributed by atoms with E-state index in [4.69, 9.17) is 0 Å². The zero-order valence-corrected chi connectivity index (χ0v) is 8.15. The highest BCUT2D eigenvalue weighted by molar-refractivity contribution is 6.04. The van der Waals surface area contributed by atoms with Gasteiger partial charge in [-0.1, -0.05) is 13.8 Å². The van der Waals surface area contributed by atoms with Crippen molar-refractivity contribution in [3.8, 4) is 0 Å². The predicted molar refractivity (Wildman–Crippen MR) is 44.7 cm³/mol. The standard InChI is InChI=1S/C9H13NO4/c1-5(2)8(9(13)14)10-6(11)3-4-7(10)12/h5,8H,3-4H2,1-2H3,(H,13,14)/p-1/t8-/m1/s1. The van der Waals surface area contributed by atoms with Crippen LogP contribution in [0.5, 0.6) is 0 Å². The Bertz CT molecular complexity index is 269. The lowest BCUT2D eigenvalue weighted by Gasteiger charge is -2.29. The molecule has 0 unspecified atom stereocenters. The van der Waals surface area contributed by atoms with Gasteiger partial charge < -0.3 is 9.90 Å². The van der Waals surface area contributed by atoms with Gasteiger partial charge in [0.1, 0.15) is 0 Å². The van der Waals surface area contributed by atoms with Crippen LogP contribution < -0.4 is 5.11 Å². The lowest BCUT2D eigenvalue weighted by Crippen LogP contribution is -2.53. The molecule has 1 heterocycles. The van der Waals surface area contributed by atoms with Gasteiger partial charge in [0.15, 0.2) is 0 Å². The highest BCUT2D eigenvalue weighted by atomic mass is 16.4. The minimum absolute atomic E-state index is 0.106. The molecule has 14 heavy (non-hydrogen) atoms. The molecule has 0 aromatic rings. The van der Waals surface area contributed by atoms with Crippen molar-refractivity contribution in [3.05, 3.63) is 0 Å². The Kier molecular flexibility index (Phi) is 2.88. The number of carboxylic acids is 1. The van der Waals surface area contributed by atoms with E-state index in [-0.39, 0.29) is 18.8 Å². The number of rotatable bonds is 3. The fourth-order valence-corrected chi connectivity index (χ4v) is 1.58. The van der Waals surface area contributed by atoms with Crippen molar-refractivity contribution in [3.63, 3.8) is 0 Å². The minimum atomic E-state index is -1.37. The molecule has 0 saturated carbocycles. The van der Waals surface area contributed by atoms with E-state index in [1.165, 1.54) is 0 Å². The van der Waals surface area contributed by atoms with Crippen LogP contribution in [-0.2, 0) is 14.4 Å².